The van der Waals surface area contributed by atoms with Crippen molar-refractivity contribution in [2.75, 3.05) is 52.2 Å². The highest BCUT2D eigenvalue weighted by Crippen LogP contribution is 2.50. The van der Waals surface area contributed by atoms with Crippen LogP contribution in [0.3, 0.4) is 0 Å². The molecule has 2 fully saturated rings. The second-order valence-electron chi connectivity index (χ2n) is 15.4. The SMILES string of the molecule is C[C@H](Oc1nc(-c2noc([C@@]3(C)CCCc4sc(N=CN(C)C)c(C#N)c43)n2)cc(N2CCN(C(=O)OC(C)(C)C)[C@H](C)C2)n1)[C@@H]1CCCN1C. The van der Waals surface area contributed by atoms with Gasteiger partial charge in [0.1, 0.15) is 34.3 Å². The molecular formula is C36H50N10O4S. The molecule has 4 atom stereocenters. The lowest BCUT2D eigenvalue weighted by Gasteiger charge is -2.40. The number of likely N-dealkylation sites (tertiary alicyclic amines) is 1. The number of hydrogen-bond donors (Lipinski definition) is 0. The number of rotatable bonds is 8. The number of anilines is 1. The fourth-order valence-electron chi connectivity index (χ4n) is 7.35. The minimum absolute atomic E-state index is 0.119. The number of aryl methyl sites for hydroxylation is 1. The van der Waals surface area contributed by atoms with Crippen LogP contribution < -0.4 is 9.64 Å². The van der Waals surface area contributed by atoms with Gasteiger partial charge < -0.3 is 28.7 Å². The highest BCUT2D eigenvalue weighted by molar-refractivity contribution is 7.16. The number of fused-ring (bicyclic) bond motifs is 1. The quantitative estimate of drug-likeness (QED) is 0.210. The monoisotopic (exact) mass is 718 g/mol. The first-order chi connectivity index (χ1) is 24.2. The summed E-state index contributed by atoms with van der Waals surface area (Å²) in [6, 6.07) is 4.65. The molecule has 6 rings (SSSR count). The van der Waals surface area contributed by atoms with Gasteiger partial charge in [-0.15, -0.1) is 11.3 Å². The number of aromatic nitrogens is 4. The van der Waals surface area contributed by atoms with Crippen molar-refractivity contribution in [2.45, 2.75) is 103 Å². The van der Waals surface area contributed by atoms with Gasteiger partial charge in [-0.25, -0.2) is 9.79 Å². The summed E-state index contributed by atoms with van der Waals surface area (Å²) in [6.45, 7) is 14.4. The van der Waals surface area contributed by atoms with E-state index in [4.69, 9.17) is 28.9 Å². The number of nitriles is 1. The number of amides is 1. The lowest BCUT2D eigenvalue weighted by Crippen LogP contribution is -2.55. The van der Waals surface area contributed by atoms with Crippen molar-refractivity contribution in [1.29, 1.82) is 5.26 Å². The first-order valence-electron chi connectivity index (χ1n) is 17.8. The first kappa shape index (κ1) is 36.5. The fourth-order valence-corrected chi connectivity index (χ4v) is 8.61. The highest BCUT2D eigenvalue weighted by Gasteiger charge is 2.43. The van der Waals surface area contributed by atoms with E-state index >= 15 is 0 Å². The predicted octanol–water partition coefficient (Wildman–Crippen LogP) is 5.63. The van der Waals surface area contributed by atoms with Gasteiger partial charge >= 0.3 is 12.1 Å². The highest BCUT2D eigenvalue weighted by atomic mass is 32.1. The first-order valence-corrected chi connectivity index (χ1v) is 18.6. The van der Waals surface area contributed by atoms with Crippen LogP contribution in [-0.4, -0.2) is 118 Å². The minimum Gasteiger partial charge on any atom is -0.459 e. The van der Waals surface area contributed by atoms with Gasteiger partial charge in [0.2, 0.25) is 11.7 Å². The van der Waals surface area contributed by atoms with Crippen LogP contribution in [0, 0.1) is 11.3 Å². The standard InChI is InChI=1S/C36H50N10O4S/c1-22-20-45(16-17-46(22)34(47)49-35(3,4)5)28-18-25(39-33(40-28)48-23(2)26-12-11-15-44(26)9)30-41-32(50-42-30)36(6)14-10-13-27-29(36)24(19-37)31(51-27)38-21-43(7)8/h18,21-23,26H,10-17,20H2,1-9H3/t22-,23+,26+,36+/m1/s1. The molecule has 2 aliphatic heterocycles. The fraction of sp³-hybridized carbons (Fsp3) is 0.639. The summed E-state index contributed by atoms with van der Waals surface area (Å²) in [5, 5.41) is 15.4. The molecule has 0 radical (unpaired) electrons. The number of nitrogens with zero attached hydrogens (tertiary/aromatic N) is 10. The van der Waals surface area contributed by atoms with Gasteiger partial charge in [0, 0.05) is 62.3 Å². The van der Waals surface area contributed by atoms with Crippen LogP contribution in [0.4, 0.5) is 15.6 Å². The Morgan fingerprint density at radius 1 is 1.24 bits per heavy atom. The van der Waals surface area contributed by atoms with Crippen molar-refractivity contribution in [3.8, 4) is 23.6 Å². The van der Waals surface area contributed by atoms with E-state index in [1.54, 1.807) is 22.6 Å². The third kappa shape index (κ3) is 7.67. The van der Waals surface area contributed by atoms with Crippen LogP contribution in [0.2, 0.25) is 0 Å². The summed E-state index contributed by atoms with van der Waals surface area (Å²) < 4.78 is 18.2. The molecule has 0 saturated carbocycles. The summed E-state index contributed by atoms with van der Waals surface area (Å²) in [4.78, 5) is 41.4. The Bertz CT molecular complexity index is 1810. The number of carbonyl (C=O) groups is 1. The molecule has 14 nitrogen and oxygen atoms in total. The molecule has 5 heterocycles. The average molecular weight is 719 g/mol. The molecule has 274 valence electrons. The van der Waals surface area contributed by atoms with Gasteiger partial charge in [-0.1, -0.05) is 5.16 Å². The van der Waals surface area contributed by atoms with Crippen LogP contribution in [0.5, 0.6) is 6.01 Å². The second-order valence-corrected chi connectivity index (χ2v) is 16.5. The lowest BCUT2D eigenvalue weighted by molar-refractivity contribution is 0.0158. The zero-order valence-electron chi connectivity index (χ0n) is 31.3. The van der Waals surface area contributed by atoms with Crippen molar-refractivity contribution in [3.05, 3.63) is 28.0 Å². The Kier molecular flexibility index (Phi) is 10.3. The minimum atomic E-state index is -0.670. The molecule has 0 spiro atoms. The van der Waals surface area contributed by atoms with E-state index in [2.05, 4.69) is 46.9 Å². The van der Waals surface area contributed by atoms with E-state index in [1.165, 1.54) is 0 Å². The van der Waals surface area contributed by atoms with Gasteiger partial charge in [-0.05, 0) is 87.2 Å². The second kappa shape index (κ2) is 14.4. The maximum atomic E-state index is 13.0. The molecule has 3 aromatic rings. The smallest absolute Gasteiger partial charge is 0.410 e. The van der Waals surface area contributed by atoms with Gasteiger partial charge in [-0.2, -0.15) is 20.2 Å². The van der Waals surface area contributed by atoms with Gasteiger partial charge in [0.05, 0.1) is 17.3 Å². The molecule has 3 aliphatic rings. The zero-order valence-corrected chi connectivity index (χ0v) is 32.1. The molecule has 51 heavy (non-hydrogen) atoms. The Hall–Kier alpha value is -4.29. The van der Waals surface area contributed by atoms with E-state index in [0.717, 1.165) is 49.1 Å². The Morgan fingerprint density at radius 3 is 2.69 bits per heavy atom. The van der Waals surface area contributed by atoms with Crippen LogP contribution in [0.25, 0.3) is 11.5 Å². The molecule has 15 heteroatoms. The molecule has 1 aliphatic carbocycles. The number of aliphatic imine (C=N–C) groups is 1. The van der Waals surface area contributed by atoms with Crippen LogP contribution in [0.1, 0.15) is 89.1 Å². The Balaban J connectivity index is 1.33. The molecular weight excluding hydrogens is 669 g/mol. The van der Waals surface area contributed by atoms with Crippen LogP contribution >= 0.6 is 11.3 Å². The van der Waals surface area contributed by atoms with Crippen LogP contribution in [-0.2, 0) is 16.6 Å². The number of carbonyl (C=O) groups excluding carboxylic acids is 1. The van der Waals surface area contributed by atoms with Crippen molar-refractivity contribution >= 4 is 34.6 Å². The summed E-state index contributed by atoms with van der Waals surface area (Å²) in [5.41, 5.74) is 0.701. The molecule has 1 amide bonds. The number of likely N-dealkylation sites (N-methyl/N-ethyl adjacent to an activating group) is 1. The Labute approximate surface area is 304 Å². The summed E-state index contributed by atoms with van der Waals surface area (Å²) in [6.07, 6.45) is 5.95. The van der Waals surface area contributed by atoms with Crippen LogP contribution in [0.15, 0.2) is 15.6 Å². The number of piperazine rings is 1. The molecule has 2 saturated heterocycles. The third-order valence-electron chi connectivity index (χ3n) is 9.92. The molecule has 0 unspecified atom stereocenters. The molecule has 3 aromatic heterocycles. The van der Waals surface area contributed by atoms with E-state index < -0.39 is 11.0 Å². The predicted molar refractivity (Wildman–Crippen MR) is 196 cm³/mol. The van der Waals surface area contributed by atoms with Gasteiger partial charge in [0.15, 0.2) is 0 Å². The maximum absolute atomic E-state index is 13.0. The molecule has 0 bridgehead atoms. The molecule has 0 aromatic carbocycles. The van der Waals surface area contributed by atoms with Gasteiger partial charge in [-0.3, -0.25) is 4.90 Å². The van der Waals surface area contributed by atoms with Crippen molar-refractivity contribution in [2.24, 2.45) is 4.99 Å². The van der Waals surface area contributed by atoms with E-state index in [9.17, 15) is 10.1 Å². The topological polar surface area (TPSA) is 149 Å². The van der Waals surface area contributed by atoms with Crippen molar-refractivity contribution < 1.29 is 18.8 Å². The third-order valence-corrected chi connectivity index (χ3v) is 11.1. The molecule has 0 N–H and O–H groups in total. The van der Waals surface area contributed by atoms with E-state index in [-0.39, 0.29) is 30.3 Å². The van der Waals surface area contributed by atoms with Crippen molar-refractivity contribution in [1.82, 2.24) is 34.8 Å². The average Bonchev–Trinajstić information content (AvgIpc) is 3.82. The lowest BCUT2D eigenvalue weighted by atomic mass is 9.72. The van der Waals surface area contributed by atoms with Crippen molar-refractivity contribution in [3.63, 3.8) is 0 Å². The normalized spacial score (nSPS) is 23.3. The van der Waals surface area contributed by atoms with Gasteiger partial charge in [0.25, 0.3) is 0 Å². The number of thiophene rings is 1. The van der Waals surface area contributed by atoms with E-state index in [0.29, 0.717) is 53.4 Å². The van der Waals surface area contributed by atoms with E-state index in [1.807, 2.05) is 52.8 Å². The number of ether oxygens (including phenoxy) is 2. The summed E-state index contributed by atoms with van der Waals surface area (Å²) >= 11 is 1.55. The maximum Gasteiger partial charge on any atom is 0.410 e. The number of hydrogen-bond acceptors (Lipinski definition) is 13. The summed E-state index contributed by atoms with van der Waals surface area (Å²) in [7, 11) is 5.92. The zero-order chi connectivity index (χ0) is 36.7. The summed E-state index contributed by atoms with van der Waals surface area (Å²) in [5.74, 6) is 1.40. The Morgan fingerprint density at radius 2 is 2.02 bits per heavy atom. The largest absolute Gasteiger partial charge is 0.459 e.